The summed E-state index contributed by atoms with van der Waals surface area (Å²) in [6.07, 6.45) is 0. The molecule has 0 fully saturated rings. The summed E-state index contributed by atoms with van der Waals surface area (Å²) in [4.78, 5) is 24.5. The Labute approximate surface area is 161 Å². The minimum absolute atomic E-state index is 0.167. The Bertz CT molecular complexity index is 1020. The van der Waals surface area contributed by atoms with Gasteiger partial charge in [-0.15, -0.1) is 5.11 Å². The van der Waals surface area contributed by atoms with Gasteiger partial charge in [0.1, 0.15) is 0 Å². The van der Waals surface area contributed by atoms with Crippen molar-refractivity contribution in [3.05, 3.63) is 76.2 Å². The molecule has 3 rings (SSSR count). The molecule has 0 bridgehead atoms. The molecule has 0 radical (unpaired) electrons. The van der Waals surface area contributed by atoms with Gasteiger partial charge in [-0.25, -0.2) is 9.48 Å². The maximum absolute atomic E-state index is 12.8. The van der Waals surface area contributed by atoms with E-state index < -0.39 is 5.97 Å². The van der Waals surface area contributed by atoms with Crippen molar-refractivity contribution in [2.24, 2.45) is 10.2 Å². The summed E-state index contributed by atoms with van der Waals surface area (Å²) in [6.45, 7) is 2.24. The van der Waals surface area contributed by atoms with E-state index in [1.807, 2.05) is 30.3 Å². The third-order valence-corrected chi connectivity index (χ3v) is 3.89. The van der Waals surface area contributed by atoms with E-state index in [2.05, 4.69) is 15.3 Å². The lowest BCUT2D eigenvalue weighted by Crippen LogP contribution is -2.13. The van der Waals surface area contributed by atoms with Crippen LogP contribution in [-0.4, -0.2) is 29.5 Å². The number of azo groups is 1. The Hall–Kier alpha value is -3.52. The Morgan fingerprint density at radius 2 is 1.79 bits per heavy atom. The zero-order valence-corrected chi connectivity index (χ0v) is 15.6. The standard InChI is InChI=1S/C20H20N4O4/c1-3-28-20(26)14-9-11-15(12-10-14)21-22-18-17(13-27-2)23-24(19(18)25)16-7-5-4-6-8-16/h4-12,23H,3,13H2,1-2H3. The number of benzene rings is 2. The summed E-state index contributed by atoms with van der Waals surface area (Å²) >= 11 is 0. The van der Waals surface area contributed by atoms with Crippen LogP contribution in [0.15, 0.2) is 69.6 Å². The van der Waals surface area contributed by atoms with Gasteiger partial charge in [0.15, 0.2) is 5.69 Å². The summed E-state index contributed by atoms with van der Waals surface area (Å²) < 4.78 is 11.5. The normalized spacial score (nSPS) is 11.1. The molecule has 0 amide bonds. The van der Waals surface area contributed by atoms with Crippen LogP contribution in [0.3, 0.4) is 0 Å². The second-order valence-corrected chi connectivity index (χ2v) is 5.82. The molecule has 8 nitrogen and oxygen atoms in total. The first-order chi connectivity index (χ1) is 13.6. The Balaban J connectivity index is 1.90. The number of ether oxygens (including phenoxy) is 2. The number of H-pyrrole nitrogens is 1. The molecule has 144 valence electrons. The predicted octanol–water partition coefficient (Wildman–Crippen LogP) is 3.90. The van der Waals surface area contributed by atoms with Crippen molar-refractivity contribution < 1.29 is 14.3 Å². The van der Waals surface area contributed by atoms with Crippen molar-refractivity contribution in [3.8, 4) is 5.69 Å². The molecule has 1 N–H and O–H groups in total. The lowest BCUT2D eigenvalue weighted by Gasteiger charge is -2.01. The number of hydrogen-bond donors (Lipinski definition) is 1. The van der Waals surface area contributed by atoms with Gasteiger partial charge in [0, 0.05) is 7.11 Å². The number of rotatable bonds is 7. The van der Waals surface area contributed by atoms with E-state index in [0.717, 1.165) is 0 Å². The SMILES string of the molecule is CCOC(=O)c1ccc(N=Nc2c(COC)[nH]n(-c3ccccc3)c2=O)cc1. The van der Waals surface area contributed by atoms with Gasteiger partial charge in [-0.05, 0) is 43.3 Å². The Morgan fingerprint density at radius 1 is 1.07 bits per heavy atom. The van der Waals surface area contributed by atoms with Gasteiger partial charge in [0.25, 0.3) is 5.56 Å². The number of nitrogens with zero attached hydrogens (tertiary/aromatic N) is 3. The van der Waals surface area contributed by atoms with Gasteiger partial charge in [0.05, 0.1) is 35.8 Å². The van der Waals surface area contributed by atoms with Crippen molar-refractivity contribution in [3.63, 3.8) is 0 Å². The number of nitrogens with one attached hydrogen (secondary N) is 1. The molecular weight excluding hydrogens is 360 g/mol. The first kappa shape index (κ1) is 19.2. The maximum atomic E-state index is 12.8. The van der Waals surface area contributed by atoms with Crippen LogP contribution in [0.2, 0.25) is 0 Å². The summed E-state index contributed by atoms with van der Waals surface area (Å²) in [6, 6.07) is 15.6. The highest BCUT2D eigenvalue weighted by molar-refractivity contribution is 5.89. The molecule has 0 saturated carbocycles. The number of carbonyl (C=O) groups is 1. The van der Waals surface area contributed by atoms with Crippen LogP contribution in [0.1, 0.15) is 23.0 Å². The van der Waals surface area contributed by atoms with E-state index in [4.69, 9.17) is 9.47 Å². The molecule has 0 aliphatic carbocycles. The topological polar surface area (TPSA) is 98.0 Å². The Kier molecular flexibility index (Phi) is 6.13. The largest absolute Gasteiger partial charge is 0.462 e. The maximum Gasteiger partial charge on any atom is 0.338 e. The van der Waals surface area contributed by atoms with Gasteiger partial charge < -0.3 is 9.47 Å². The first-order valence-corrected chi connectivity index (χ1v) is 8.71. The minimum Gasteiger partial charge on any atom is -0.462 e. The van der Waals surface area contributed by atoms with Gasteiger partial charge in [-0.2, -0.15) is 5.11 Å². The second kappa shape index (κ2) is 8.92. The van der Waals surface area contributed by atoms with Crippen LogP contribution in [0.25, 0.3) is 5.69 Å². The molecule has 0 atom stereocenters. The van der Waals surface area contributed by atoms with Crippen LogP contribution >= 0.6 is 0 Å². The number of hydrogen-bond acceptors (Lipinski definition) is 6. The fourth-order valence-electron chi connectivity index (χ4n) is 2.57. The van der Waals surface area contributed by atoms with Crippen molar-refractivity contribution in [2.75, 3.05) is 13.7 Å². The average Bonchev–Trinajstić information content (AvgIpc) is 3.03. The molecule has 1 heterocycles. The highest BCUT2D eigenvalue weighted by Crippen LogP contribution is 2.20. The number of aromatic nitrogens is 2. The highest BCUT2D eigenvalue weighted by atomic mass is 16.5. The van der Waals surface area contributed by atoms with Gasteiger partial charge >= 0.3 is 5.97 Å². The summed E-state index contributed by atoms with van der Waals surface area (Å²) in [5, 5.41) is 11.2. The van der Waals surface area contributed by atoms with Gasteiger partial charge in [0.2, 0.25) is 0 Å². The summed E-state index contributed by atoms with van der Waals surface area (Å²) in [5.74, 6) is -0.398. The third-order valence-electron chi connectivity index (χ3n) is 3.89. The van der Waals surface area contributed by atoms with Crippen LogP contribution in [0.5, 0.6) is 0 Å². The minimum atomic E-state index is -0.398. The van der Waals surface area contributed by atoms with Gasteiger partial charge in [-0.1, -0.05) is 18.2 Å². The first-order valence-electron chi connectivity index (χ1n) is 8.71. The predicted molar refractivity (Wildman–Crippen MR) is 104 cm³/mol. The second-order valence-electron chi connectivity index (χ2n) is 5.82. The quantitative estimate of drug-likeness (QED) is 0.496. The number of carbonyl (C=O) groups excluding carboxylic acids is 1. The Morgan fingerprint density at radius 3 is 2.43 bits per heavy atom. The van der Waals surface area contributed by atoms with Crippen LogP contribution in [-0.2, 0) is 16.1 Å². The van der Waals surface area contributed by atoms with Crippen molar-refractivity contribution in [1.29, 1.82) is 0 Å². The molecule has 0 saturated heterocycles. The van der Waals surface area contributed by atoms with E-state index in [1.54, 1.807) is 31.2 Å². The average molecular weight is 380 g/mol. The molecule has 0 aliphatic heterocycles. The highest BCUT2D eigenvalue weighted by Gasteiger charge is 2.15. The zero-order chi connectivity index (χ0) is 19.9. The number of aromatic amines is 1. The van der Waals surface area contributed by atoms with Crippen LogP contribution < -0.4 is 5.56 Å². The van der Waals surface area contributed by atoms with Crippen LogP contribution in [0, 0.1) is 0 Å². The molecule has 8 heteroatoms. The zero-order valence-electron chi connectivity index (χ0n) is 15.6. The third kappa shape index (κ3) is 4.24. The van der Waals surface area contributed by atoms with E-state index >= 15 is 0 Å². The number of esters is 1. The molecular formula is C20H20N4O4. The molecule has 0 unspecified atom stereocenters. The molecule has 0 spiro atoms. The summed E-state index contributed by atoms with van der Waals surface area (Å²) in [5.41, 5.74) is 1.97. The van der Waals surface area contributed by atoms with Gasteiger partial charge in [-0.3, -0.25) is 9.89 Å². The molecule has 1 aromatic heterocycles. The molecule has 28 heavy (non-hydrogen) atoms. The van der Waals surface area contributed by atoms with Crippen molar-refractivity contribution in [1.82, 2.24) is 9.78 Å². The fraction of sp³-hybridized carbons (Fsp3) is 0.200. The lowest BCUT2D eigenvalue weighted by atomic mass is 10.2. The summed E-state index contributed by atoms with van der Waals surface area (Å²) in [7, 11) is 1.53. The van der Waals surface area contributed by atoms with E-state index in [9.17, 15) is 9.59 Å². The van der Waals surface area contributed by atoms with Crippen molar-refractivity contribution >= 4 is 17.3 Å². The van der Waals surface area contributed by atoms with E-state index in [1.165, 1.54) is 11.8 Å². The fourth-order valence-corrected chi connectivity index (χ4v) is 2.57. The van der Waals surface area contributed by atoms with E-state index in [0.29, 0.717) is 29.2 Å². The lowest BCUT2D eigenvalue weighted by molar-refractivity contribution is 0.0526. The van der Waals surface area contributed by atoms with Crippen LogP contribution in [0.4, 0.5) is 11.4 Å². The monoisotopic (exact) mass is 380 g/mol. The molecule has 3 aromatic rings. The molecule has 0 aliphatic rings. The number of methoxy groups -OCH3 is 1. The smallest absolute Gasteiger partial charge is 0.338 e. The van der Waals surface area contributed by atoms with E-state index in [-0.39, 0.29) is 17.9 Å². The van der Waals surface area contributed by atoms with Crippen molar-refractivity contribution in [2.45, 2.75) is 13.5 Å². The molecule has 2 aromatic carbocycles. The number of para-hydroxylation sites is 1.